The van der Waals surface area contributed by atoms with E-state index in [-0.39, 0.29) is 24.0 Å². The molecule has 2 aromatic rings. The number of para-hydroxylation sites is 1. The summed E-state index contributed by atoms with van der Waals surface area (Å²) in [5, 5.41) is 7.41. The number of nitrogens with one attached hydrogen (secondary N) is 2. The molecule has 2 rings (SSSR count). The first kappa shape index (κ1) is 18.2. The summed E-state index contributed by atoms with van der Waals surface area (Å²) in [5.74, 6) is 3.30. The van der Waals surface area contributed by atoms with Gasteiger partial charge < -0.3 is 10.6 Å². The number of terminal acetylenes is 1. The molecule has 0 saturated heterocycles. The van der Waals surface area contributed by atoms with Crippen molar-refractivity contribution in [1.82, 2.24) is 15.6 Å². The van der Waals surface area contributed by atoms with Crippen LogP contribution in [0.3, 0.4) is 0 Å². The summed E-state index contributed by atoms with van der Waals surface area (Å²) in [6.45, 7) is 4.01. The Morgan fingerprint density at radius 2 is 2.09 bits per heavy atom. The Morgan fingerprint density at radius 1 is 1.27 bits per heavy atom. The highest BCUT2D eigenvalue weighted by molar-refractivity contribution is 14.0. The van der Waals surface area contributed by atoms with Gasteiger partial charge in [0.05, 0.1) is 12.1 Å². The number of hydrogen-bond donors (Lipinski definition) is 2. The van der Waals surface area contributed by atoms with E-state index >= 15 is 0 Å². The van der Waals surface area contributed by atoms with Crippen LogP contribution < -0.4 is 10.6 Å². The zero-order chi connectivity index (χ0) is 14.9. The molecule has 5 heteroatoms. The second kappa shape index (κ2) is 10.0. The lowest BCUT2D eigenvalue weighted by atomic mass is 10.1. The number of benzene rings is 1. The van der Waals surface area contributed by atoms with Crippen LogP contribution in [0, 0.1) is 12.3 Å². The van der Waals surface area contributed by atoms with E-state index in [9.17, 15) is 0 Å². The number of guanidine groups is 1. The molecule has 4 nitrogen and oxygen atoms in total. The molecule has 0 aliphatic rings. The third-order valence-electron chi connectivity index (χ3n) is 3.07. The minimum absolute atomic E-state index is 0. The Balaban J connectivity index is 0.00000242. The van der Waals surface area contributed by atoms with Crippen LogP contribution in [0.15, 0.2) is 41.5 Å². The molecule has 0 spiro atoms. The second-order valence-corrected chi connectivity index (χ2v) is 4.56. The highest BCUT2D eigenvalue weighted by Crippen LogP contribution is 2.16. The van der Waals surface area contributed by atoms with Gasteiger partial charge in [-0.25, -0.2) is 0 Å². The molecular formula is C17H21IN4. The lowest BCUT2D eigenvalue weighted by Gasteiger charge is -2.09. The van der Waals surface area contributed by atoms with Crippen LogP contribution in [0.4, 0.5) is 0 Å². The Morgan fingerprint density at radius 3 is 2.86 bits per heavy atom. The van der Waals surface area contributed by atoms with Crippen molar-refractivity contribution >= 4 is 40.8 Å². The van der Waals surface area contributed by atoms with Gasteiger partial charge in [0.1, 0.15) is 0 Å². The molecule has 1 aromatic carbocycles. The quantitative estimate of drug-likeness (QED) is 0.346. The van der Waals surface area contributed by atoms with E-state index in [1.165, 1.54) is 5.56 Å². The molecule has 0 aliphatic heterocycles. The summed E-state index contributed by atoms with van der Waals surface area (Å²) in [6, 6.07) is 10.3. The first-order valence-corrected chi connectivity index (χ1v) is 7.13. The summed E-state index contributed by atoms with van der Waals surface area (Å²) in [4.78, 5) is 8.98. The van der Waals surface area contributed by atoms with Gasteiger partial charge in [0, 0.05) is 24.7 Å². The summed E-state index contributed by atoms with van der Waals surface area (Å²) in [5.41, 5.74) is 2.27. The third-order valence-corrected chi connectivity index (χ3v) is 3.07. The fourth-order valence-electron chi connectivity index (χ4n) is 2.13. The van der Waals surface area contributed by atoms with Crippen molar-refractivity contribution in [1.29, 1.82) is 0 Å². The van der Waals surface area contributed by atoms with Crippen molar-refractivity contribution in [3.8, 4) is 12.3 Å². The largest absolute Gasteiger partial charge is 0.357 e. The molecule has 0 saturated carbocycles. The van der Waals surface area contributed by atoms with Gasteiger partial charge in [-0.2, -0.15) is 0 Å². The highest BCUT2D eigenvalue weighted by atomic mass is 127. The Bertz CT molecular complexity index is 656. The third kappa shape index (κ3) is 5.19. The van der Waals surface area contributed by atoms with Crippen LogP contribution in [0.1, 0.15) is 12.5 Å². The Hall–Kier alpha value is -1.81. The monoisotopic (exact) mass is 408 g/mol. The molecule has 0 radical (unpaired) electrons. The van der Waals surface area contributed by atoms with Crippen LogP contribution in [0.5, 0.6) is 0 Å². The number of hydrogen-bond acceptors (Lipinski definition) is 2. The summed E-state index contributed by atoms with van der Waals surface area (Å²) < 4.78 is 0. The molecular weight excluding hydrogens is 387 g/mol. The maximum absolute atomic E-state index is 5.25. The van der Waals surface area contributed by atoms with Crippen LogP contribution in [-0.2, 0) is 6.42 Å². The molecule has 2 N–H and O–H groups in total. The predicted molar refractivity (Wildman–Crippen MR) is 104 cm³/mol. The van der Waals surface area contributed by atoms with Gasteiger partial charge >= 0.3 is 0 Å². The standard InChI is InChI=1S/C17H20N4.HI/c1-3-11-20-17(18-4-2)21-13-10-15-8-5-7-14-9-6-12-19-16(14)15;/h1,5-9,12H,4,10-11,13H2,2H3,(H2,18,20,21);1H. The normalized spacial score (nSPS) is 10.6. The molecule has 0 atom stereocenters. The van der Waals surface area contributed by atoms with E-state index in [0.29, 0.717) is 13.1 Å². The molecule has 22 heavy (non-hydrogen) atoms. The summed E-state index contributed by atoms with van der Waals surface area (Å²) in [6.07, 6.45) is 7.93. The van der Waals surface area contributed by atoms with E-state index in [2.05, 4.69) is 50.8 Å². The number of halogens is 1. The number of pyridine rings is 1. The van der Waals surface area contributed by atoms with E-state index in [0.717, 1.165) is 29.8 Å². The van der Waals surface area contributed by atoms with Crippen LogP contribution in [0.2, 0.25) is 0 Å². The van der Waals surface area contributed by atoms with Gasteiger partial charge in [-0.1, -0.05) is 30.2 Å². The van der Waals surface area contributed by atoms with Gasteiger partial charge in [-0.05, 0) is 25.0 Å². The molecule has 1 aromatic heterocycles. The first-order valence-electron chi connectivity index (χ1n) is 7.13. The van der Waals surface area contributed by atoms with Gasteiger partial charge in [0.25, 0.3) is 0 Å². The topological polar surface area (TPSA) is 49.3 Å². The SMILES string of the molecule is C#CCNC(=NCCc1cccc2cccnc12)NCC.I. The smallest absolute Gasteiger partial charge is 0.192 e. The predicted octanol–water partition coefficient (Wildman–Crippen LogP) is 2.58. The maximum Gasteiger partial charge on any atom is 0.192 e. The van der Waals surface area contributed by atoms with Crippen LogP contribution >= 0.6 is 24.0 Å². The molecule has 116 valence electrons. The van der Waals surface area contributed by atoms with E-state index in [4.69, 9.17) is 6.42 Å². The molecule has 0 amide bonds. The molecule has 0 aliphatic carbocycles. The van der Waals surface area contributed by atoms with Crippen molar-refractivity contribution < 1.29 is 0 Å². The summed E-state index contributed by atoms with van der Waals surface area (Å²) >= 11 is 0. The number of nitrogens with zero attached hydrogens (tertiary/aromatic N) is 2. The molecule has 1 heterocycles. The lowest BCUT2D eigenvalue weighted by Crippen LogP contribution is -2.37. The molecule has 0 fully saturated rings. The number of fused-ring (bicyclic) bond motifs is 1. The fraction of sp³-hybridized carbons (Fsp3) is 0.294. The van der Waals surface area contributed by atoms with Crippen LogP contribution in [0.25, 0.3) is 10.9 Å². The van der Waals surface area contributed by atoms with Crippen molar-refractivity contribution in [3.63, 3.8) is 0 Å². The van der Waals surface area contributed by atoms with Crippen LogP contribution in [-0.4, -0.2) is 30.6 Å². The van der Waals surface area contributed by atoms with Gasteiger partial charge in [0.2, 0.25) is 0 Å². The number of aliphatic imine (C=N–C) groups is 1. The van der Waals surface area contributed by atoms with Gasteiger partial charge in [-0.3, -0.25) is 9.98 Å². The average Bonchev–Trinajstić information content (AvgIpc) is 2.53. The van der Waals surface area contributed by atoms with Crippen molar-refractivity contribution in [2.75, 3.05) is 19.6 Å². The second-order valence-electron chi connectivity index (χ2n) is 4.56. The van der Waals surface area contributed by atoms with E-state index < -0.39 is 0 Å². The van der Waals surface area contributed by atoms with E-state index in [1.807, 2.05) is 19.2 Å². The maximum atomic E-state index is 5.25. The number of rotatable bonds is 5. The van der Waals surface area contributed by atoms with Crippen molar-refractivity contribution in [2.24, 2.45) is 4.99 Å². The van der Waals surface area contributed by atoms with Crippen molar-refractivity contribution in [2.45, 2.75) is 13.3 Å². The Kier molecular flexibility index (Phi) is 8.30. The van der Waals surface area contributed by atoms with Crippen molar-refractivity contribution in [3.05, 3.63) is 42.1 Å². The first-order chi connectivity index (χ1) is 10.3. The molecule has 0 unspecified atom stereocenters. The zero-order valence-electron chi connectivity index (χ0n) is 12.7. The summed E-state index contributed by atoms with van der Waals surface area (Å²) in [7, 11) is 0. The highest BCUT2D eigenvalue weighted by Gasteiger charge is 2.01. The zero-order valence-corrected chi connectivity index (χ0v) is 15.0. The average molecular weight is 408 g/mol. The minimum atomic E-state index is 0. The fourth-order valence-corrected chi connectivity index (χ4v) is 2.13. The Labute approximate surface area is 148 Å². The number of aromatic nitrogens is 1. The lowest BCUT2D eigenvalue weighted by molar-refractivity contribution is 0.856. The van der Waals surface area contributed by atoms with E-state index in [1.54, 1.807) is 0 Å². The van der Waals surface area contributed by atoms with Gasteiger partial charge in [-0.15, -0.1) is 30.4 Å². The minimum Gasteiger partial charge on any atom is -0.357 e. The van der Waals surface area contributed by atoms with Gasteiger partial charge in [0.15, 0.2) is 5.96 Å². The molecule has 0 bridgehead atoms.